The maximum atomic E-state index is 5.25. The standard InChI is InChI=1S/C12H18BO3Si/c1-9-10(12(2,3)4)7-6-8-11(9)13(14-5)15-16-17/h6-8H,1-5H3. The van der Waals surface area contributed by atoms with E-state index >= 15 is 0 Å². The zero-order valence-corrected chi connectivity index (χ0v) is 12.0. The normalized spacial score (nSPS) is 11.6. The fraction of sp³-hybridized carbons (Fsp3) is 0.500. The van der Waals surface area contributed by atoms with E-state index in [4.69, 9.17) is 9.46 Å². The Morgan fingerprint density at radius 3 is 2.35 bits per heavy atom. The van der Waals surface area contributed by atoms with E-state index < -0.39 is 7.12 Å². The molecule has 5 heteroatoms. The van der Waals surface area contributed by atoms with Gasteiger partial charge in [-0.05, 0) is 28.9 Å². The van der Waals surface area contributed by atoms with Gasteiger partial charge in [0.15, 0.2) is 0 Å². The molecule has 1 aromatic rings. The summed E-state index contributed by atoms with van der Waals surface area (Å²) in [5.41, 5.74) is 3.50. The summed E-state index contributed by atoms with van der Waals surface area (Å²) in [4.78, 5) is 5.02. The first-order valence-electron chi connectivity index (χ1n) is 5.53. The van der Waals surface area contributed by atoms with Gasteiger partial charge in [0.2, 0.25) is 0 Å². The molecule has 0 saturated carbocycles. The van der Waals surface area contributed by atoms with E-state index in [1.807, 2.05) is 12.1 Å². The molecule has 0 saturated heterocycles. The van der Waals surface area contributed by atoms with Gasteiger partial charge >= 0.3 is 7.12 Å². The van der Waals surface area contributed by atoms with Crippen molar-refractivity contribution in [1.29, 1.82) is 0 Å². The maximum Gasteiger partial charge on any atom is 0.523 e. The van der Waals surface area contributed by atoms with Gasteiger partial charge in [0, 0.05) is 7.11 Å². The quantitative estimate of drug-likeness (QED) is 0.461. The van der Waals surface area contributed by atoms with Gasteiger partial charge in [-0.1, -0.05) is 39.0 Å². The van der Waals surface area contributed by atoms with Crippen molar-refractivity contribution in [2.24, 2.45) is 0 Å². The van der Waals surface area contributed by atoms with Crippen LogP contribution in [0.1, 0.15) is 31.9 Å². The molecule has 0 aliphatic carbocycles. The predicted molar refractivity (Wildman–Crippen MR) is 70.2 cm³/mol. The molecule has 91 valence electrons. The highest BCUT2D eigenvalue weighted by Gasteiger charge is 2.26. The number of benzene rings is 1. The van der Waals surface area contributed by atoms with E-state index in [1.165, 1.54) is 5.56 Å². The Balaban J connectivity index is 3.17. The summed E-state index contributed by atoms with van der Waals surface area (Å²) in [7, 11) is 3.87. The highest BCUT2D eigenvalue weighted by Crippen LogP contribution is 2.24. The summed E-state index contributed by atoms with van der Waals surface area (Å²) >= 11 is 0. The third-order valence-corrected chi connectivity index (χ3v) is 2.88. The van der Waals surface area contributed by atoms with E-state index in [-0.39, 0.29) is 5.41 Å². The summed E-state index contributed by atoms with van der Waals surface area (Å²) in [6.07, 6.45) is 0. The van der Waals surface area contributed by atoms with Gasteiger partial charge in [-0.15, -0.1) is 0 Å². The molecular formula is C12H18BO3Si. The van der Waals surface area contributed by atoms with Crippen molar-refractivity contribution in [3.63, 3.8) is 0 Å². The van der Waals surface area contributed by atoms with Gasteiger partial charge in [-0.3, -0.25) is 4.81 Å². The molecule has 0 atom stereocenters. The van der Waals surface area contributed by atoms with Crippen LogP contribution in [0, 0.1) is 6.92 Å². The minimum absolute atomic E-state index is 0.0905. The lowest BCUT2D eigenvalue weighted by atomic mass is 9.72. The lowest BCUT2D eigenvalue weighted by Crippen LogP contribution is -2.38. The van der Waals surface area contributed by atoms with Crippen molar-refractivity contribution in [1.82, 2.24) is 0 Å². The molecule has 0 bridgehead atoms. The van der Waals surface area contributed by atoms with Gasteiger partial charge in [0.1, 0.15) is 0 Å². The molecule has 3 radical (unpaired) electrons. The van der Waals surface area contributed by atoms with Crippen LogP contribution in [0.3, 0.4) is 0 Å². The van der Waals surface area contributed by atoms with Crippen LogP contribution in [0.15, 0.2) is 18.2 Å². The molecule has 0 N–H and O–H groups in total. The molecule has 0 fully saturated rings. The molecule has 3 nitrogen and oxygen atoms in total. The highest BCUT2D eigenvalue weighted by atomic mass is 28.2. The summed E-state index contributed by atoms with van der Waals surface area (Å²) in [5, 5.41) is 0. The summed E-state index contributed by atoms with van der Waals surface area (Å²) in [6.45, 7) is 8.62. The topological polar surface area (TPSA) is 27.7 Å². The Hall–Kier alpha value is -0.618. The smallest absolute Gasteiger partial charge is 0.409 e. The van der Waals surface area contributed by atoms with E-state index in [1.54, 1.807) is 7.11 Å². The number of hydrogen-bond donors (Lipinski definition) is 0. The molecule has 17 heavy (non-hydrogen) atoms. The van der Waals surface area contributed by atoms with Crippen molar-refractivity contribution in [3.05, 3.63) is 29.3 Å². The second-order valence-electron chi connectivity index (χ2n) is 5.02. The molecule has 0 unspecified atom stereocenters. The summed E-state index contributed by atoms with van der Waals surface area (Å²) < 4.78 is 9.76. The van der Waals surface area contributed by atoms with Crippen LogP contribution in [0.25, 0.3) is 0 Å². The zero-order valence-electron chi connectivity index (χ0n) is 11.0. The molecule has 0 aliphatic heterocycles. The van der Waals surface area contributed by atoms with Crippen molar-refractivity contribution < 1.29 is 14.0 Å². The summed E-state index contributed by atoms with van der Waals surface area (Å²) in [5.74, 6) is 0. The molecule has 1 aromatic carbocycles. The van der Waals surface area contributed by atoms with Gasteiger partial charge in [0.05, 0.1) is 0 Å². The fourth-order valence-electron chi connectivity index (χ4n) is 1.98. The van der Waals surface area contributed by atoms with Gasteiger partial charge in [-0.2, -0.15) is 0 Å². The number of hydrogen-bond acceptors (Lipinski definition) is 3. The van der Waals surface area contributed by atoms with Crippen molar-refractivity contribution >= 4 is 23.1 Å². The molecule has 0 aromatic heterocycles. The first-order chi connectivity index (χ1) is 7.91. The molecule has 0 spiro atoms. The Morgan fingerprint density at radius 2 is 1.88 bits per heavy atom. The molecular weight excluding hydrogens is 231 g/mol. The van der Waals surface area contributed by atoms with Crippen LogP contribution < -0.4 is 5.46 Å². The van der Waals surface area contributed by atoms with Crippen LogP contribution in [-0.2, 0) is 19.5 Å². The monoisotopic (exact) mass is 249 g/mol. The average Bonchev–Trinajstić information content (AvgIpc) is 2.25. The van der Waals surface area contributed by atoms with Gasteiger partial charge < -0.3 is 9.23 Å². The zero-order chi connectivity index (χ0) is 13.1. The third-order valence-electron chi connectivity index (χ3n) is 2.79. The van der Waals surface area contributed by atoms with Crippen LogP contribution in [0.2, 0.25) is 0 Å². The second-order valence-corrected chi connectivity index (χ2v) is 5.18. The molecule has 1 rings (SSSR count). The predicted octanol–water partition coefficient (Wildman–Crippen LogP) is 1.67. The van der Waals surface area contributed by atoms with Crippen molar-refractivity contribution in [2.45, 2.75) is 33.1 Å². The first-order valence-corrected chi connectivity index (χ1v) is 5.94. The molecule has 0 aliphatic rings. The van der Waals surface area contributed by atoms with E-state index in [9.17, 15) is 0 Å². The van der Waals surface area contributed by atoms with E-state index in [0.717, 1.165) is 11.0 Å². The lowest BCUT2D eigenvalue weighted by molar-refractivity contribution is -0.113. The Morgan fingerprint density at radius 1 is 1.24 bits per heavy atom. The Kier molecular flexibility index (Phi) is 4.94. The van der Waals surface area contributed by atoms with Gasteiger partial charge in [-0.25, -0.2) is 0 Å². The second kappa shape index (κ2) is 5.82. The van der Waals surface area contributed by atoms with E-state index in [0.29, 0.717) is 0 Å². The highest BCUT2D eigenvalue weighted by molar-refractivity contribution is 6.61. The molecule has 0 amide bonds. The minimum Gasteiger partial charge on any atom is -0.409 e. The SMILES string of the molecule is COB(OO[Si])c1cccc(C(C)(C)C)c1C. The first kappa shape index (κ1) is 14.4. The minimum atomic E-state index is -0.533. The van der Waals surface area contributed by atoms with Gasteiger partial charge in [0.25, 0.3) is 10.5 Å². The molecule has 0 heterocycles. The average molecular weight is 249 g/mol. The fourth-order valence-corrected chi connectivity index (χ4v) is 2.07. The van der Waals surface area contributed by atoms with Crippen LogP contribution in [0.5, 0.6) is 0 Å². The number of rotatable bonds is 4. The van der Waals surface area contributed by atoms with Crippen molar-refractivity contribution in [2.75, 3.05) is 7.11 Å². The largest absolute Gasteiger partial charge is 0.523 e. The Labute approximate surface area is 107 Å². The van der Waals surface area contributed by atoms with Crippen LogP contribution in [-0.4, -0.2) is 24.7 Å². The third kappa shape index (κ3) is 3.42. The van der Waals surface area contributed by atoms with Crippen molar-refractivity contribution in [3.8, 4) is 0 Å². The maximum absolute atomic E-state index is 5.25. The van der Waals surface area contributed by atoms with E-state index in [2.05, 4.69) is 48.8 Å². The lowest BCUT2D eigenvalue weighted by Gasteiger charge is -2.24. The van der Waals surface area contributed by atoms with Crippen LogP contribution >= 0.6 is 0 Å². The Bertz CT molecular complexity index is 377. The summed E-state index contributed by atoms with van der Waals surface area (Å²) in [6, 6.07) is 6.11. The van der Waals surface area contributed by atoms with Crippen LogP contribution in [0.4, 0.5) is 0 Å².